The van der Waals surface area contributed by atoms with E-state index >= 15 is 0 Å². The van der Waals surface area contributed by atoms with Gasteiger partial charge in [0.15, 0.2) is 0 Å². The number of carboxylic acids is 1. The van der Waals surface area contributed by atoms with Crippen molar-refractivity contribution in [1.82, 2.24) is 10.6 Å². The summed E-state index contributed by atoms with van der Waals surface area (Å²) < 4.78 is 0. The Morgan fingerprint density at radius 2 is 1.38 bits per heavy atom. The van der Waals surface area contributed by atoms with Crippen molar-refractivity contribution in [2.75, 3.05) is 0 Å². The third-order valence-corrected chi connectivity index (χ3v) is 1.28. The highest BCUT2D eigenvalue weighted by molar-refractivity contribution is 5.89. The topological polar surface area (TPSA) is 95.5 Å². The van der Waals surface area contributed by atoms with Gasteiger partial charge in [-0.15, -0.1) is 0 Å². The summed E-state index contributed by atoms with van der Waals surface area (Å²) in [5.41, 5.74) is -1.74. The first-order chi connectivity index (χ1) is 5.78. The highest BCUT2D eigenvalue weighted by Gasteiger charge is 2.34. The standard InChI is InChI=1S/C7H12N2O4/c1-4(10)8-7(3,6(12)13)9-5(2)11/h1-3H3,(H,8,10)(H,9,11)(H,12,13). The monoisotopic (exact) mass is 188 g/mol. The third-order valence-electron chi connectivity index (χ3n) is 1.28. The minimum atomic E-state index is -1.74. The Balaban J connectivity index is 4.62. The van der Waals surface area contributed by atoms with Crippen LogP contribution in [0.4, 0.5) is 0 Å². The molecular formula is C7H12N2O4. The Morgan fingerprint density at radius 1 is 1.08 bits per heavy atom. The maximum atomic E-state index is 10.7. The molecule has 13 heavy (non-hydrogen) atoms. The van der Waals surface area contributed by atoms with Crippen LogP contribution in [0.1, 0.15) is 20.8 Å². The average molecular weight is 188 g/mol. The summed E-state index contributed by atoms with van der Waals surface area (Å²) >= 11 is 0. The molecule has 0 aliphatic heterocycles. The van der Waals surface area contributed by atoms with E-state index in [4.69, 9.17) is 5.11 Å². The van der Waals surface area contributed by atoms with Crippen molar-refractivity contribution < 1.29 is 19.5 Å². The van der Waals surface area contributed by atoms with E-state index in [-0.39, 0.29) is 0 Å². The van der Waals surface area contributed by atoms with Crippen molar-refractivity contribution in [3.63, 3.8) is 0 Å². The van der Waals surface area contributed by atoms with E-state index in [9.17, 15) is 14.4 Å². The number of carboxylic acid groups (broad SMARTS) is 1. The lowest BCUT2D eigenvalue weighted by molar-refractivity contribution is -0.150. The van der Waals surface area contributed by atoms with Crippen molar-refractivity contribution in [1.29, 1.82) is 0 Å². The van der Waals surface area contributed by atoms with Crippen LogP contribution >= 0.6 is 0 Å². The summed E-state index contributed by atoms with van der Waals surface area (Å²) in [6.45, 7) is 3.53. The van der Waals surface area contributed by atoms with Gasteiger partial charge in [-0.2, -0.15) is 0 Å². The zero-order valence-electron chi connectivity index (χ0n) is 7.67. The number of carbonyl (C=O) groups is 3. The van der Waals surface area contributed by atoms with Crippen LogP contribution in [-0.4, -0.2) is 28.6 Å². The predicted molar refractivity (Wildman–Crippen MR) is 43.7 cm³/mol. The van der Waals surface area contributed by atoms with Crippen LogP contribution in [0, 0.1) is 0 Å². The normalized spacial score (nSPS) is 10.4. The maximum absolute atomic E-state index is 10.7. The van der Waals surface area contributed by atoms with E-state index in [1.807, 2.05) is 0 Å². The molecule has 0 aromatic carbocycles. The van der Waals surface area contributed by atoms with Gasteiger partial charge in [0.1, 0.15) is 0 Å². The van der Waals surface area contributed by atoms with Crippen molar-refractivity contribution in [2.24, 2.45) is 0 Å². The van der Waals surface area contributed by atoms with Gasteiger partial charge in [-0.3, -0.25) is 9.59 Å². The lowest BCUT2D eigenvalue weighted by Gasteiger charge is -2.25. The second-order valence-electron chi connectivity index (χ2n) is 2.79. The van der Waals surface area contributed by atoms with E-state index in [1.54, 1.807) is 0 Å². The van der Waals surface area contributed by atoms with Gasteiger partial charge in [-0.05, 0) is 6.92 Å². The number of nitrogens with one attached hydrogen (secondary N) is 2. The number of amides is 2. The maximum Gasteiger partial charge on any atom is 0.350 e. The van der Waals surface area contributed by atoms with Crippen LogP contribution in [0.3, 0.4) is 0 Å². The van der Waals surface area contributed by atoms with Gasteiger partial charge >= 0.3 is 5.97 Å². The molecule has 6 heteroatoms. The van der Waals surface area contributed by atoms with Crippen LogP contribution in [0.25, 0.3) is 0 Å². The zero-order chi connectivity index (χ0) is 10.6. The van der Waals surface area contributed by atoms with Crippen LogP contribution in [0.15, 0.2) is 0 Å². The molecule has 0 aliphatic rings. The molecule has 2 amide bonds. The van der Waals surface area contributed by atoms with Gasteiger partial charge < -0.3 is 15.7 Å². The molecule has 0 saturated carbocycles. The summed E-state index contributed by atoms with van der Waals surface area (Å²) in [5.74, 6) is -2.38. The average Bonchev–Trinajstić information content (AvgIpc) is 1.82. The summed E-state index contributed by atoms with van der Waals surface area (Å²) in [4.78, 5) is 31.9. The molecular weight excluding hydrogens is 176 g/mol. The number of rotatable bonds is 3. The Bertz CT molecular complexity index is 233. The lowest BCUT2D eigenvalue weighted by Crippen LogP contribution is -2.62. The first-order valence-electron chi connectivity index (χ1n) is 3.59. The molecule has 0 heterocycles. The first kappa shape index (κ1) is 11.4. The molecule has 74 valence electrons. The molecule has 0 bridgehead atoms. The second kappa shape index (κ2) is 3.88. The van der Waals surface area contributed by atoms with E-state index in [1.165, 1.54) is 20.8 Å². The lowest BCUT2D eigenvalue weighted by atomic mass is 10.2. The molecule has 0 atom stereocenters. The van der Waals surface area contributed by atoms with E-state index in [2.05, 4.69) is 10.6 Å². The highest BCUT2D eigenvalue weighted by Crippen LogP contribution is 1.98. The summed E-state index contributed by atoms with van der Waals surface area (Å²) in [7, 11) is 0. The second-order valence-corrected chi connectivity index (χ2v) is 2.79. The first-order valence-corrected chi connectivity index (χ1v) is 3.59. The summed E-state index contributed by atoms with van der Waals surface area (Å²) in [6.07, 6.45) is 0. The van der Waals surface area contributed by atoms with E-state index in [0.717, 1.165) is 0 Å². The molecule has 0 saturated heterocycles. The number of hydrogen-bond acceptors (Lipinski definition) is 3. The molecule has 0 radical (unpaired) electrons. The Morgan fingerprint density at radius 3 is 1.54 bits per heavy atom. The van der Waals surface area contributed by atoms with Crippen LogP contribution in [0.2, 0.25) is 0 Å². The fourth-order valence-corrected chi connectivity index (χ4v) is 0.842. The van der Waals surface area contributed by atoms with Gasteiger partial charge in [0.2, 0.25) is 17.5 Å². The van der Waals surface area contributed by atoms with Gasteiger partial charge in [0.25, 0.3) is 0 Å². The van der Waals surface area contributed by atoms with Crippen molar-refractivity contribution in [2.45, 2.75) is 26.4 Å². The van der Waals surface area contributed by atoms with Gasteiger partial charge in [0.05, 0.1) is 0 Å². The SMILES string of the molecule is CC(=O)NC(C)(NC(C)=O)C(=O)O. The Labute approximate surface area is 75.3 Å². The minimum absolute atomic E-state index is 0.529. The molecule has 0 spiro atoms. The number of carbonyl (C=O) groups excluding carboxylic acids is 2. The summed E-state index contributed by atoms with van der Waals surface area (Å²) in [6, 6.07) is 0. The van der Waals surface area contributed by atoms with E-state index in [0.29, 0.717) is 0 Å². The molecule has 0 unspecified atom stereocenters. The molecule has 0 aromatic heterocycles. The molecule has 3 N–H and O–H groups in total. The zero-order valence-corrected chi connectivity index (χ0v) is 7.67. The van der Waals surface area contributed by atoms with Gasteiger partial charge in [-0.1, -0.05) is 0 Å². The summed E-state index contributed by atoms with van der Waals surface area (Å²) in [5, 5.41) is 12.9. The predicted octanol–water partition coefficient (Wildman–Crippen LogP) is -0.941. The van der Waals surface area contributed by atoms with Gasteiger partial charge in [0, 0.05) is 13.8 Å². The van der Waals surface area contributed by atoms with Crippen molar-refractivity contribution >= 4 is 17.8 Å². The third kappa shape index (κ3) is 3.55. The minimum Gasteiger partial charge on any atom is -0.478 e. The Kier molecular flexibility index (Phi) is 3.41. The Hall–Kier alpha value is -1.59. The molecule has 0 fully saturated rings. The van der Waals surface area contributed by atoms with Crippen molar-refractivity contribution in [3.8, 4) is 0 Å². The van der Waals surface area contributed by atoms with Crippen LogP contribution in [-0.2, 0) is 14.4 Å². The van der Waals surface area contributed by atoms with Crippen molar-refractivity contribution in [3.05, 3.63) is 0 Å². The molecule has 6 nitrogen and oxygen atoms in total. The number of aliphatic carboxylic acids is 1. The smallest absolute Gasteiger partial charge is 0.350 e. The highest BCUT2D eigenvalue weighted by atomic mass is 16.4. The fourth-order valence-electron chi connectivity index (χ4n) is 0.842. The molecule has 0 rings (SSSR count). The van der Waals surface area contributed by atoms with E-state index < -0.39 is 23.4 Å². The van der Waals surface area contributed by atoms with Gasteiger partial charge in [-0.25, -0.2) is 4.79 Å². The van der Waals surface area contributed by atoms with Crippen LogP contribution in [0.5, 0.6) is 0 Å². The van der Waals surface area contributed by atoms with Crippen LogP contribution < -0.4 is 10.6 Å². The number of hydrogen-bond donors (Lipinski definition) is 3. The fraction of sp³-hybridized carbons (Fsp3) is 0.571. The molecule has 0 aromatic rings. The molecule has 0 aliphatic carbocycles. The largest absolute Gasteiger partial charge is 0.478 e. The quantitative estimate of drug-likeness (QED) is 0.498.